The van der Waals surface area contributed by atoms with Crippen molar-refractivity contribution in [2.75, 3.05) is 38.2 Å². The number of carbonyl (C=O) groups is 1. The molecular formula is C18H27BN2O4. The van der Waals surface area contributed by atoms with Crippen LogP contribution >= 0.6 is 0 Å². The van der Waals surface area contributed by atoms with Crippen molar-refractivity contribution in [1.82, 2.24) is 4.90 Å². The summed E-state index contributed by atoms with van der Waals surface area (Å²) < 4.78 is 17.5. The van der Waals surface area contributed by atoms with E-state index in [1.54, 1.807) is 0 Å². The number of ether oxygens (including phenoxy) is 1. The molecule has 3 rings (SSSR count). The molecule has 1 aromatic carbocycles. The van der Waals surface area contributed by atoms with Gasteiger partial charge in [-0.2, -0.15) is 0 Å². The maximum absolute atomic E-state index is 12.3. The molecular weight excluding hydrogens is 319 g/mol. The third-order valence-corrected chi connectivity index (χ3v) is 5.17. The highest BCUT2D eigenvalue weighted by Crippen LogP contribution is 2.36. The van der Waals surface area contributed by atoms with Crippen LogP contribution in [0, 0.1) is 0 Å². The minimum Gasteiger partial charge on any atom is -0.399 e. The van der Waals surface area contributed by atoms with Gasteiger partial charge in [-0.05, 0) is 45.3 Å². The Morgan fingerprint density at radius 2 is 1.80 bits per heavy atom. The molecule has 0 bridgehead atoms. The zero-order chi connectivity index (χ0) is 18.1. The van der Waals surface area contributed by atoms with E-state index in [-0.39, 0.29) is 17.1 Å². The molecule has 25 heavy (non-hydrogen) atoms. The average Bonchev–Trinajstić information content (AvgIpc) is 2.76. The molecule has 1 N–H and O–H groups in total. The Morgan fingerprint density at radius 1 is 1.16 bits per heavy atom. The molecule has 0 aliphatic carbocycles. The lowest BCUT2D eigenvalue weighted by Gasteiger charge is -2.32. The monoisotopic (exact) mass is 346 g/mol. The Balaban J connectivity index is 1.63. The van der Waals surface area contributed by atoms with Crippen molar-refractivity contribution in [2.45, 2.75) is 38.9 Å². The molecule has 2 heterocycles. The molecule has 136 valence electrons. The zero-order valence-corrected chi connectivity index (χ0v) is 15.5. The average molecular weight is 346 g/mol. The van der Waals surface area contributed by atoms with E-state index >= 15 is 0 Å². The molecule has 6 nitrogen and oxygen atoms in total. The molecule has 2 aliphatic rings. The summed E-state index contributed by atoms with van der Waals surface area (Å²) in [4.78, 5) is 14.4. The van der Waals surface area contributed by atoms with E-state index in [2.05, 4.69) is 10.2 Å². The molecule has 0 saturated carbocycles. The molecule has 2 saturated heterocycles. The van der Waals surface area contributed by atoms with Gasteiger partial charge in [0.15, 0.2) is 0 Å². The smallest absolute Gasteiger partial charge is 0.399 e. The van der Waals surface area contributed by atoms with Crippen molar-refractivity contribution in [3.05, 3.63) is 24.3 Å². The van der Waals surface area contributed by atoms with Gasteiger partial charge in [-0.15, -0.1) is 0 Å². The number of morpholine rings is 1. The van der Waals surface area contributed by atoms with Gasteiger partial charge in [0.05, 0.1) is 31.0 Å². The van der Waals surface area contributed by atoms with E-state index in [0.29, 0.717) is 19.8 Å². The SMILES string of the molecule is CC1(C)OB(c2cccc(NC(=O)CN3CCOCC3)c2)OC1(C)C. The van der Waals surface area contributed by atoms with Crippen LogP contribution in [0.5, 0.6) is 0 Å². The van der Waals surface area contributed by atoms with E-state index in [9.17, 15) is 4.79 Å². The summed E-state index contributed by atoms with van der Waals surface area (Å²) in [7, 11) is -0.430. The van der Waals surface area contributed by atoms with Crippen molar-refractivity contribution in [3.8, 4) is 0 Å². The first-order valence-electron chi connectivity index (χ1n) is 8.82. The number of amides is 1. The second-order valence-electron chi connectivity index (χ2n) is 7.65. The number of carbonyl (C=O) groups excluding carboxylic acids is 1. The highest BCUT2D eigenvalue weighted by molar-refractivity contribution is 6.62. The summed E-state index contributed by atoms with van der Waals surface area (Å²) in [5.41, 5.74) is 0.897. The Hall–Kier alpha value is -1.41. The molecule has 0 unspecified atom stereocenters. The number of hydrogen-bond donors (Lipinski definition) is 1. The molecule has 1 aromatic rings. The molecule has 1 amide bonds. The minimum atomic E-state index is -0.430. The summed E-state index contributed by atoms with van der Waals surface area (Å²) >= 11 is 0. The fourth-order valence-corrected chi connectivity index (χ4v) is 2.91. The standard InChI is InChI=1S/C18H27BN2O4/c1-17(2)18(3,4)25-19(24-17)14-6-5-7-15(12-14)20-16(22)13-21-8-10-23-11-9-21/h5-7,12H,8-11,13H2,1-4H3,(H,20,22). The Bertz CT molecular complexity index is 613. The van der Waals surface area contributed by atoms with Crippen LogP contribution in [-0.2, 0) is 18.8 Å². The van der Waals surface area contributed by atoms with E-state index < -0.39 is 7.12 Å². The summed E-state index contributed by atoms with van der Waals surface area (Å²) in [6.45, 7) is 11.5. The zero-order valence-electron chi connectivity index (χ0n) is 15.5. The quantitative estimate of drug-likeness (QED) is 0.832. The van der Waals surface area contributed by atoms with Crippen LogP contribution < -0.4 is 10.8 Å². The van der Waals surface area contributed by atoms with Gasteiger partial charge < -0.3 is 19.4 Å². The number of benzene rings is 1. The van der Waals surface area contributed by atoms with Gasteiger partial charge in [-0.1, -0.05) is 12.1 Å². The summed E-state index contributed by atoms with van der Waals surface area (Å²) in [6, 6.07) is 7.66. The third kappa shape index (κ3) is 4.23. The number of nitrogens with zero attached hydrogens (tertiary/aromatic N) is 1. The molecule has 0 spiro atoms. The lowest BCUT2D eigenvalue weighted by atomic mass is 9.79. The molecule has 0 radical (unpaired) electrons. The van der Waals surface area contributed by atoms with Crippen molar-refractivity contribution in [3.63, 3.8) is 0 Å². The first-order valence-corrected chi connectivity index (χ1v) is 8.82. The topological polar surface area (TPSA) is 60.0 Å². The lowest BCUT2D eigenvalue weighted by molar-refractivity contribution is -0.118. The first kappa shape index (κ1) is 18.4. The van der Waals surface area contributed by atoms with E-state index in [1.807, 2.05) is 52.0 Å². The minimum absolute atomic E-state index is 0.0204. The lowest BCUT2D eigenvalue weighted by Crippen LogP contribution is -2.41. The maximum atomic E-state index is 12.3. The van der Waals surface area contributed by atoms with Gasteiger partial charge in [0, 0.05) is 18.8 Å². The highest BCUT2D eigenvalue weighted by atomic mass is 16.7. The van der Waals surface area contributed by atoms with E-state index in [0.717, 1.165) is 24.2 Å². The Kier molecular flexibility index (Phi) is 5.20. The molecule has 0 aromatic heterocycles. The Labute approximate surface area is 150 Å². The summed E-state index contributed by atoms with van der Waals surface area (Å²) in [6.07, 6.45) is 0. The van der Waals surface area contributed by atoms with Crippen molar-refractivity contribution < 1.29 is 18.8 Å². The number of hydrogen-bond acceptors (Lipinski definition) is 5. The van der Waals surface area contributed by atoms with Crippen LogP contribution in [0.2, 0.25) is 0 Å². The van der Waals surface area contributed by atoms with Crippen molar-refractivity contribution in [2.24, 2.45) is 0 Å². The summed E-state index contributed by atoms with van der Waals surface area (Å²) in [5.74, 6) is -0.0204. The second-order valence-corrected chi connectivity index (χ2v) is 7.65. The number of nitrogens with one attached hydrogen (secondary N) is 1. The summed E-state index contributed by atoms with van der Waals surface area (Å²) in [5, 5.41) is 2.96. The van der Waals surface area contributed by atoms with Gasteiger partial charge in [0.1, 0.15) is 0 Å². The van der Waals surface area contributed by atoms with E-state index in [4.69, 9.17) is 14.0 Å². The highest BCUT2D eigenvalue weighted by Gasteiger charge is 2.51. The second kappa shape index (κ2) is 7.07. The third-order valence-electron chi connectivity index (χ3n) is 5.17. The fraction of sp³-hybridized carbons (Fsp3) is 0.611. The Morgan fingerprint density at radius 3 is 2.44 bits per heavy atom. The van der Waals surface area contributed by atoms with Gasteiger partial charge in [0.2, 0.25) is 5.91 Å². The first-order chi connectivity index (χ1) is 11.8. The van der Waals surface area contributed by atoms with Crippen molar-refractivity contribution in [1.29, 1.82) is 0 Å². The van der Waals surface area contributed by atoms with Crippen molar-refractivity contribution >= 4 is 24.2 Å². The van der Waals surface area contributed by atoms with Gasteiger partial charge >= 0.3 is 7.12 Å². The van der Waals surface area contributed by atoms with Crippen LogP contribution in [0.4, 0.5) is 5.69 Å². The van der Waals surface area contributed by atoms with Crippen LogP contribution in [0.3, 0.4) is 0 Å². The van der Waals surface area contributed by atoms with Crippen LogP contribution in [0.1, 0.15) is 27.7 Å². The number of anilines is 1. The van der Waals surface area contributed by atoms with Gasteiger partial charge in [-0.3, -0.25) is 9.69 Å². The van der Waals surface area contributed by atoms with Crippen LogP contribution in [0.25, 0.3) is 0 Å². The van der Waals surface area contributed by atoms with Gasteiger partial charge in [-0.25, -0.2) is 0 Å². The van der Waals surface area contributed by atoms with Gasteiger partial charge in [0.25, 0.3) is 0 Å². The predicted molar refractivity (Wildman–Crippen MR) is 98.0 cm³/mol. The maximum Gasteiger partial charge on any atom is 0.494 e. The van der Waals surface area contributed by atoms with E-state index in [1.165, 1.54) is 0 Å². The van der Waals surface area contributed by atoms with Crippen LogP contribution in [-0.4, -0.2) is 62.0 Å². The fourth-order valence-electron chi connectivity index (χ4n) is 2.91. The largest absolute Gasteiger partial charge is 0.494 e. The molecule has 7 heteroatoms. The molecule has 0 atom stereocenters. The van der Waals surface area contributed by atoms with Crippen LogP contribution in [0.15, 0.2) is 24.3 Å². The normalized spacial score (nSPS) is 22.8. The molecule has 2 fully saturated rings. The predicted octanol–water partition coefficient (Wildman–Crippen LogP) is 1.26. The molecule has 2 aliphatic heterocycles. The number of rotatable bonds is 4.